The summed E-state index contributed by atoms with van der Waals surface area (Å²) >= 11 is 0. The molecule has 0 aliphatic heterocycles. The van der Waals surface area contributed by atoms with Crippen molar-refractivity contribution in [1.82, 2.24) is 5.32 Å². The molecule has 2 aromatic carbocycles. The van der Waals surface area contributed by atoms with Crippen LogP contribution in [0, 0.1) is 0 Å². The van der Waals surface area contributed by atoms with E-state index in [2.05, 4.69) is 27.5 Å². The average molecular weight is 495 g/mol. The lowest BCUT2D eigenvalue weighted by Gasteiger charge is -2.20. The Balaban J connectivity index is 1.82. The predicted octanol–water partition coefficient (Wildman–Crippen LogP) is 6.65. The third kappa shape index (κ3) is 11.6. The highest BCUT2D eigenvalue weighted by Crippen LogP contribution is 2.16. The fourth-order valence-corrected chi connectivity index (χ4v) is 3.09. The minimum absolute atomic E-state index is 0.345. The van der Waals surface area contributed by atoms with Crippen LogP contribution in [0.3, 0.4) is 0 Å². The number of carbonyl (C=O) groups excluding carboxylic acids is 2. The molecule has 3 N–H and O–H groups in total. The van der Waals surface area contributed by atoms with Crippen molar-refractivity contribution in [1.29, 1.82) is 0 Å². The molecule has 8 heteroatoms. The van der Waals surface area contributed by atoms with E-state index in [0.717, 1.165) is 24.2 Å². The van der Waals surface area contributed by atoms with Crippen molar-refractivity contribution in [3.05, 3.63) is 72.1 Å². The topological polar surface area (TPSA) is 101 Å². The smallest absolute Gasteiger partial charge is 0.435 e. The van der Waals surface area contributed by atoms with Gasteiger partial charge in [-0.3, -0.25) is 5.32 Å². The van der Waals surface area contributed by atoms with E-state index in [4.69, 9.17) is 9.47 Å². The molecule has 2 aromatic rings. The number of amides is 2. The zero-order valence-corrected chi connectivity index (χ0v) is 22.3. The number of anilines is 2. The highest BCUT2D eigenvalue weighted by atomic mass is 16.6. The Hall–Kier alpha value is -3.81. The van der Waals surface area contributed by atoms with E-state index in [1.807, 2.05) is 48.5 Å². The summed E-state index contributed by atoms with van der Waals surface area (Å²) in [4.78, 5) is 27.6. The van der Waals surface area contributed by atoms with Crippen LogP contribution in [0.5, 0.6) is 0 Å². The number of nitrogens with zero attached hydrogens (tertiary/aromatic N) is 1. The Morgan fingerprint density at radius 2 is 1.22 bits per heavy atom. The molecule has 0 heterocycles. The molecule has 0 fully saturated rings. The van der Waals surface area contributed by atoms with Crippen LogP contribution in [0.4, 0.5) is 21.0 Å². The number of nitrogens with one attached hydrogen (secondary N) is 3. The van der Waals surface area contributed by atoms with Crippen molar-refractivity contribution >= 4 is 29.4 Å². The summed E-state index contributed by atoms with van der Waals surface area (Å²) in [6.45, 7) is 16.4. The molecule has 0 aliphatic carbocycles. The average Bonchev–Trinajstić information content (AvgIpc) is 2.71. The van der Waals surface area contributed by atoms with E-state index < -0.39 is 23.4 Å². The van der Waals surface area contributed by atoms with Crippen molar-refractivity contribution in [3.63, 3.8) is 0 Å². The molecule has 0 atom stereocenters. The van der Waals surface area contributed by atoms with Gasteiger partial charge in [0.05, 0.1) is 0 Å². The Morgan fingerprint density at radius 3 is 1.67 bits per heavy atom. The lowest BCUT2D eigenvalue weighted by Crippen LogP contribution is -2.33. The van der Waals surface area contributed by atoms with Crippen LogP contribution in [0.1, 0.15) is 59.6 Å². The molecule has 2 rings (SSSR count). The molecule has 0 aliphatic rings. The molecule has 194 valence electrons. The first-order chi connectivity index (χ1) is 16.7. The Kier molecular flexibility index (Phi) is 9.67. The molecule has 0 saturated carbocycles. The number of ether oxygens (including phenoxy) is 2. The maximum atomic E-state index is 11.8. The molecule has 0 unspecified atom stereocenters. The first kappa shape index (κ1) is 28.4. The van der Waals surface area contributed by atoms with Gasteiger partial charge in [-0.1, -0.05) is 30.8 Å². The predicted molar refractivity (Wildman–Crippen MR) is 145 cm³/mol. The quantitative estimate of drug-likeness (QED) is 0.294. The molecule has 0 bridgehead atoms. The van der Waals surface area contributed by atoms with Crippen LogP contribution in [-0.4, -0.2) is 29.2 Å². The number of benzene rings is 2. The van der Waals surface area contributed by atoms with Crippen molar-refractivity contribution in [2.24, 2.45) is 4.99 Å². The van der Waals surface area contributed by atoms with E-state index in [0.29, 0.717) is 11.7 Å². The highest BCUT2D eigenvalue weighted by molar-refractivity contribution is 5.99. The van der Waals surface area contributed by atoms with Gasteiger partial charge in [0.2, 0.25) is 0 Å². The second-order valence-corrected chi connectivity index (χ2v) is 10.4. The van der Waals surface area contributed by atoms with Crippen LogP contribution < -0.4 is 16.0 Å². The Labute approximate surface area is 214 Å². The number of amidine groups is 1. The third-order valence-corrected chi connectivity index (χ3v) is 4.54. The number of aryl methyl sites for hydroxylation is 2. The van der Waals surface area contributed by atoms with Crippen molar-refractivity contribution in [2.75, 3.05) is 10.6 Å². The standard InChI is InChI=1S/C28H38N4O4/c1-19(31-25(33)35-27(3,4)5)29-23-15-11-21(12-16-23)9-10-22-13-17-24(18-14-22)30-20(2)32-26(34)36-28(6,7)8/h11-18,29H,1,9-10H2,2-8H3,(H,31,33)(H,30,32,34). The Morgan fingerprint density at radius 1 is 0.778 bits per heavy atom. The summed E-state index contributed by atoms with van der Waals surface area (Å²) in [5, 5.41) is 8.74. The molecule has 0 spiro atoms. The van der Waals surface area contributed by atoms with Crippen LogP contribution in [0.2, 0.25) is 0 Å². The second kappa shape index (κ2) is 12.2. The summed E-state index contributed by atoms with van der Waals surface area (Å²) in [5.74, 6) is 0.812. The van der Waals surface area contributed by atoms with Crippen LogP contribution >= 0.6 is 0 Å². The number of rotatable bonds is 7. The van der Waals surface area contributed by atoms with Crippen LogP contribution in [-0.2, 0) is 22.3 Å². The minimum Gasteiger partial charge on any atom is -0.444 e. The molecule has 36 heavy (non-hydrogen) atoms. The van der Waals surface area contributed by atoms with Gasteiger partial charge in [0.15, 0.2) is 0 Å². The van der Waals surface area contributed by atoms with Gasteiger partial charge in [0, 0.05) is 11.4 Å². The molecule has 8 nitrogen and oxygen atoms in total. The van der Waals surface area contributed by atoms with Gasteiger partial charge in [0.25, 0.3) is 0 Å². The molecule has 0 saturated heterocycles. The summed E-state index contributed by atoms with van der Waals surface area (Å²) in [5.41, 5.74) is 2.90. The Bertz CT molecular complexity index is 1080. The van der Waals surface area contributed by atoms with E-state index in [1.165, 1.54) is 11.1 Å². The fraction of sp³-hybridized carbons (Fsp3) is 0.393. The van der Waals surface area contributed by atoms with Crippen LogP contribution in [0.15, 0.2) is 65.9 Å². The van der Waals surface area contributed by atoms with Crippen LogP contribution in [0.25, 0.3) is 0 Å². The SMILES string of the molecule is C=C(NC(=O)OC(C)(C)C)Nc1ccc(CCc2ccc(N/C(C)=N/C(=O)OC(C)(C)C)cc2)cc1. The molecule has 2 amide bonds. The van der Waals surface area contributed by atoms with Gasteiger partial charge < -0.3 is 20.1 Å². The highest BCUT2D eigenvalue weighted by Gasteiger charge is 2.17. The van der Waals surface area contributed by atoms with E-state index in [1.54, 1.807) is 48.5 Å². The zero-order valence-electron chi connectivity index (χ0n) is 22.3. The van der Waals surface area contributed by atoms with E-state index >= 15 is 0 Å². The normalized spacial score (nSPS) is 11.9. The number of carbonyl (C=O) groups is 2. The summed E-state index contributed by atoms with van der Waals surface area (Å²) in [6, 6.07) is 16.0. The van der Waals surface area contributed by atoms with Gasteiger partial charge >= 0.3 is 12.2 Å². The monoisotopic (exact) mass is 494 g/mol. The fourth-order valence-electron chi connectivity index (χ4n) is 3.09. The second-order valence-electron chi connectivity index (χ2n) is 10.4. The van der Waals surface area contributed by atoms with Gasteiger partial charge in [0.1, 0.15) is 22.9 Å². The van der Waals surface area contributed by atoms with Crippen molar-refractivity contribution in [3.8, 4) is 0 Å². The first-order valence-electron chi connectivity index (χ1n) is 11.9. The summed E-state index contributed by atoms with van der Waals surface area (Å²) in [7, 11) is 0. The zero-order chi connectivity index (χ0) is 26.9. The lowest BCUT2D eigenvalue weighted by atomic mass is 10.0. The maximum absolute atomic E-state index is 11.8. The first-order valence-corrected chi connectivity index (χ1v) is 11.9. The molecular weight excluding hydrogens is 456 g/mol. The number of alkyl carbamates (subject to hydrolysis) is 1. The molecule has 0 radical (unpaired) electrons. The number of aliphatic imine (C=N–C) groups is 1. The van der Waals surface area contributed by atoms with Crippen molar-refractivity contribution in [2.45, 2.75) is 72.5 Å². The summed E-state index contributed by atoms with van der Waals surface area (Å²) < 4.78 is 10.4. The lowest BCUT2D eigenvalue weighted by molar-refractivity contribution is 0.0544. The van der Waals surface area contributed by atoms with Gasteiger partial charge in [-0.2, -0.15) is 4.99 Å². The van der Waals surface area contributed by atoms with Gasteiger partial charge in [-0.15, -0.1) is 0 Å². The van der Waals surface area contributed by atoms with E-state index in [-0.39, 0.29) is 0 Å². The largest absolute Gasteiger partial charge is 0.444 e. The van der Waals surface area contributed by atoms with E-state index in [9.17, 15) is 9.59 Å². The minimum atomic E-state index is -0.617. The maximum Gasteiger partial charge on any atom is 0.435 e. The van der Waals surface area contributed by atoms with Gasteiger partial charge in [-0.25, -0.2) is 9.59 Å². The van der Waals surface area contributed by atoms with Gasteiger partial charge in [-0.05, 0) is 96.7 Å². The van der Waals surface area contributed by atoms with Crippen molar-refractivity contribution < 1.29 is 19.1 Å². The molecule has 0 aromatic heterocycles. The number of hydrogen-bond acceptors (Lipinski definition) is 5. The number of hydrogen-bond donors (Lipinski definition) is 3. The summed E-state index contributed by atoms with van der Waals surface area (Å²) in [6.07, 6.45) is 0.589. The molecular formula is C28H38N4O4. The third-order valence-electron chi connectivity index (χ3n) is 4.54.